The molecule has 1 N–H and O–H groups in total. The fourth-order valence-electron chi connectivity index (χ4n) is 2.14. The van der Waals surface area contributed by atoms with Crippen LogP contribution in [-0.2, 0) is 11.4 Å². The average molecular weight is 261 g/mol. The number of carbonyl (C=O) groups is 1. The van der Waals surface area contributed by atoms with E-state index in [1.54, 1.807) is 36.9 Å². The number of fused-ring (bicyclic) bond motifs is 1. The van der Waals surface area contributed by atoms with E-state index in [9.17, 15) is 9.90 Å². The maximum atomic E-state index is 12.4. The van der Waals surface area contributed by atoms with Gasteiger partial charge in [0.2, 0.25) is 0 Å². The summed E-state index contributed by atoms with van der Waals surface area (Å²) < 4.78 is 5.74. The van der Waals surface area contributed by atoms with E-state index in [4.69, 9.17) is 4.74 Å². The van der Waals surface area contributed by atoms with Gasteiger partial charge in [-0.3, -0.25) is 4.79 Å². The number of ether oxygens (including phenoxy) is 1. The summed E-state index contributed by atoms with van der Waals surface area (Å²) in [5.74, 6) is 0.557. The number of hydrogen-bond donors (Lipinski definition) is 1. The van der Waals surface area contributed by atoms with Crippen LogP contribution in [0.2, 0.25) is 0 Å². The minimum absolute atomic E-state index is 0.0637. The first kappa shape index (κ1) is 13.6. The van der Waals surface area contributed by atoms with Crippen molar-refractivity contribution in [2.75, 3.05) is 11.4 Å². The molecule has 1 aliphatic heterocycles. The molecule has 1 aromatic carbocycles. The van der Waals surface area contributed by atoms with E-state index >= 15 is 0 Å². The normalized spacial score (nSPS) is 16.8. The van der Waals surface area contributed by atoms with Crippen molar-refractivity contribution in [3.63, 3.8) is 0 Å². The van der Waals surface area contributed by atoms with Crippen LogP contribution in [0.4, 0.5) is 5.69 Å². The van der Waals surface area contributed by atoms with Gasteiger partial charge in [0, 0.05) is 6.54 Å². The van der Waals surface area contributed by atoms with E-state index in [0.29, 0.717) is 18.0 Å². The Kier molecular flexibility index (Phi) is 3.37. The van der Waals surface area contributed by atoms with Crippen LogP contribution < -0.4 is 9.64 Å². The number of carbonyl (C=O) groups excluding carboxylic acids is 1. The van der Waals surface area contributed by atoms with Crippen LogP contribution in [0.1, 0.15) is 26.3 Å². The van der Waals surface area contributed by atoms with Gasteiger partial charge in [0.15, 0.2) is 5.60 Å². The molecule has 1 heterocycles. The van der Waals surface area contributed by atoms with Crippen molar-refractivity contribution in [3.05, 3.63) is 35.9 Å². The van der Waals surface area contributed by atoms with Crippen LogP contribution in [0.3, 0.4) is 0 Å². The molecule has 0 aromatic heterocycles. The zero-order chi connectivity index (χ0) is 14.2. The van der Waals surface area contributed by atoms with Crippen LogP contribution in [0.15, 0.2) is 30.4 Å². The molecule has 0 unspecified atom stereocenters. The Morgan fingerprint density at radius 2 is 2.16 bits per heavy atom. The molecular formula is C15H19NO3. The van der Waals surface area contributed by atoms with Gasteiger partial charge in [0.1, 0.15) is 5.75 Å². The van der Waals surface area contributed by atoms with Gasteiger partial charge in [-0.15, -0.1) is 0 Å². The smallest absolute Gasteiger partial charge is 0.270 e. The highest BCUT2D eigenvalue weighted by atomic mass is 16.5. The predicted octanol–water partition coefficient (Wildman–Crippen LogP) is 2.26. The lowest BCUT2D eigenvalue weighted by Crippen LogP contribution is -2.52. The fraction of sp³-hybridized carbons (Fsp3) is 0.400. The van der Waals surface area contributed by atoms with Crippen molar-refractivity contribution in [3.8, 4) is 5.75 Å². The van der Waals surface area contributed by atoms with Gasteiger partial charge in [-0.1, -0.05) is 18.2 Å². The highest BCUT2D eigenvalue weighted by Crippen LogP contribution is 2.38. The van der Waals surface area contributed by atoms with E-state index in [2.05, 4.69) is 6.58 Å². The molecule has 4 heteroatoms. The molecule has 0 radical (unpaired) electrons. The molecule has 0 aliphatic carbocycles. The number of amides is 1. The third kappa shape index (κ3) is 2.49. The summed E-state index contributed by atoms with van der Waals surface area (Å²) in [6, 6.07) is 5.37. The lowest BCUT2D eigenvalue weighted by atomic mass is 10.0. The summed E-state index contributed by atoms with van der Waals surface area (Å²) in [4.78, 5) is 14.1. The second-order valence-electron chi connectivity index (χ2n) is 5.42. The Bertz CT molecular complexity index is 534. The number of hydrogen-bond acceptors (Lipinski definition) is 3. The average Bonchev–Trinajstić information content (AvgIpc) is 2.34. The summed E-state index contributed by atoms with van der Waals surface area (Å²) in [7, 11) is 0. The lowest BCUT2D eigenvalue weighted by molar-refractivity contribution is -0.132. The fourth-order valence-corrected chi connectivity index (χ4v) is 2.14. The third-order valence-electron chi connectivity index (χ3n) is 3.05. The van der Waals surface area contributed by atoms with E-state index < -0.39 is 5.60 Å². The number of aliphatic hydroxyl groups is 1. The number of nitrogens with zero attached hydrogens (tertiary/aromatic N) is 1. The van der Waals surface area contributed by atoms with E-state index in [1.165, 1.54) is 0 Å². The number of benzene rings is 1. The minimum Gasteiger partial charge on any atom is -0.476 e. The maximum Gasteiger partial charge on any atom is 0.270 e. The summed E-state index contributed by atoms with van der Waals surface area (Å²) in [5, 5.41) is 9.21. The zero-order valence-corrected chi connectivity index (χ0v) is 11.6. The van der Waals surface area contributed by atoms with E-state index in [1.807, 2.05) is 6.92 Å². The van der Waals surface area contributed by atoms with Crippen molar-refractivity contribution in [1.82, 2.24) is 0 Å². The summed E-state index contributed by atoms with van der Waals surface area (Å²) in [6.45, 7) is 9.64. The second-order valence-corrected chi connectivity index (χ2v) is 5.42. The largest absolute Gasteiger partial charge is 0.476 e. The van der Waals surface area contributed by atoms with Crippen LogP contribution in [0, 0.1) is 0 Å². The Morgan fingerprint density at radius 1 is 1.47 bits per heavy atom. The third-order valence-corrected chi connectivity index (χ3v) is 3.05. The van der Waals surface area contributed by atoms with Gasteiger partial charge in [-0.2, -0.15) is 0 Å². The molecule has 2 rings (SSSR count). The molecule has 0 bridgehead atoms. The molecule has 1 aromatic rings. The van der Waals surface area contributed by atoms with Crippen LogP contribution in [0.25, 0.3) is 0 Å². The Hall–Kier alpha value is -1.81. The molecule has 4 nitrogen and oxygen atoms in total. The van der Waals surface area contributed by atoms with Gasteiger partial charge in [0.25, 0.3) is 5.91 Å². The number of anilines is 1. The highest BCUT2D eigenvalue weighted by molar-refractivity contribution is 6.02. The van der Waals surface area contributed by atoms with Gasteiger partial charge in [-0.25, -0.2) is 0 Å². The molecule has 0 spiro atoms. The Morgan fingerprint density at radius 3 is 2.74 bits per heavy atom. The predicted molar refractivity (Wildman–Crippen MR) is 74.2 cm³/mol. The maximum absolute atomic E-state index is 12.4. The second kappa shape index (κ2) is 4.70. The molecule has 0 saturated carbocycles. The first-order valence-electron chi connectivity index (χ1n) is 6.24. The van der Waals surface area contributed by atoms with Crippen molar-refractivity contribution in [2.45, 2.75) is 33.0 Å². The molecule has 19 heavy (non-hydrogen) atoms. The molecule has 0 atom stereocenters. The molecule has 0 fully saturated rings. The Balaban J connectivity index is 2.52. The van der Waals surface area contributed by atoms with Crippen molar-refractivity contribution >= 4 is 11.6 Å². The standard InChI is InChI=1S/C15H19NO3/c1-10(2)8-16-12-7-11(9-17)5-6-13(12)19-15(3,4)14(16)18/h5-7,17H,1,8-9H2,2-4H3. The van der Waals surface area contributed by atoms with Gasteiger partial charge in [0.05, 0.1) is 12.3 Å². The summed E-state index contributed by atoms with van der Waals surface area (Å²) in [5.41, 5.74) is 1.45. The monoisotopic (exact) mass is 261 g/mol. The number of aliphatic hydroxyl groups excluding tert-OH is 1. The first-order chi connectivity index (χ1) is 8.85. The van der Waals surface area contributed by atoms with E-state index in [0.717, 1.165) is 11.1 Å². The molecular weight excluding hydrogens is 242 g/mol. The van der Waals surface area contributed by atoms with Crippen molar-refractivity contribution in [2.24, 2.45) is 0 Å². The van der Waals surface area contributed by atoms with Crippen LogP contribution in [0.5, 0.6) is 5.75 Å². The lowest BCUT2D eigenvalue weighted by Gasteiger charge is -2.39. The summed E-state index contributed by atoms with van der Waals surface area (Å²) in [6.07, 6.45) is 0. The molecule has 1 amide bonds. The molecule has 102 valence electrons. The van der Waals surface area contributed by atoms with Gasteiger partial charge in [-0.05, 0) is 38.5 Å². The van der Waals surface area contributed by atoms with Crippen molar-refractivity contribution < 1.29 is 14.6 Å². The quantitative estimate of drug-likeness (QED) is 0.849. The van der Waals surface area contributed by atoms with Gasteiger partial charge < -0.3 is 14.7 Å². The van der Waals surface area contributed by atoms with E-state index in [-0.39, 0.29) is 12.5 Å². The zero-order valence-electron chi connectivity index (χ0n) is 11.6. The van der Waals surface area contributed by atoms with Gasteiger partial charge >= 0.3 is 0 Å². The molecule has 1 aliphatic rings. The van der Waals surface area contributed by atoms with Crippen LogP contribution in [-0.4, -0.2) is 23.2 Å². The van der Waals surface area contributed by atoms with Crippen LogP contribution >= 0.6 is 0 Å². The topological polar surface area (TPSA) is 49.8 Å². The Labute approximate surface area is 113 Å². The molecule has 0 saturated heterocycles. The minimum atomic E-state index is -0.886. The SMILES string of the molecule is C=C(C)CN1C(=O)C(C)(C)Oc2ccc(CO)cc21. The summed E-state index contributed by atoms with van der Waals surface area (Å²) >= 11 is 0. The number of rotatable bonds is 3. The van der Waals surface area contributed by atoms with Crippen molar-refractivity contribution in [1.29, 1.82) is 0 Å². The first-order valence-corrected chi connectivity index (χ1v) is 6.24. The highest BCUT2D eigenvalue weighted by Gasteiger charge is 2.40.